The maximum atomic E-state index is 13.3. The fourth-order valence-corrected chi connectivity index (χ4v) is 7.90. The normalized spacial score (nSPS) is 28.8. The zero-order chi connectivity index (χ0) is 20.3. The fraction of sp³-hybridized carbons (Fsp3) is 0.632. The lowest BCUT2D eigenvalue weighted by atomic mass is 10.1. The quantitative estimate of drug-likeness (QED) is 0.675. The van der Waals surface area contributed by atoms with E-state index >= 15 is 0 Å². The Kier molecular flexibility index (Phi) is 5.00. The smallest absolute Gasteiger partial charge is 0.213 e. The third-order valence-corrected chi connectivity index (χ3v) is 14.2. The van der Waals surface area contributed by atoms with Crippen molar-refractivity contribution in [3.63, 3.8) is 0 Å². The maximum Gasteiger partial charge on any atom is 0.213 e. The van der Waals surface area contributed by atoms with Crippen LogP contribution in [0.3, 0.4) is 0 Å². The number of hydrogen-bond acceptors (Lipinski definition) is 7. The number of ether oxygens (including phenoxy) is 2. The van der Waals surface area contributed by atoms with Crippen LogP contribution in [-0.2, 0) is 23.7 Å². The van der Waals surface area contributed by atoms with E-state index < -0.39 is 29.5 Å². The highest BCUT2D eigenvalue weighted by molar-refractivity contribution is 7.94. The molecule has 2 aliphatic heterocycles. The zero-order valence-electron chi connectivity index (χ0n) is 16.8. The number of fused-ring (bicyclic) bond motifs is 2. The van der Waals surface area contributed by atoms with Gasteiger partial charge in [-0.25, -0.2) is 13.4 Å². The monoisotopic (exact) mass is 441 g/mol. The van der Waals surface area contributed by atoms with Crippen molar-refractivity contribution in [1.29, 1.82) is 0 Å². The predicted octanol–water partition coefficient (Wildman–Crippen LogP) is 3.63. The van der Waals surface area contributed by atoms with E-state index in [2.05, 4.69) is 38.8 Å². The van der Waals surface area contributed by atoms with Gasteiger partial charge in [-0.1, -0.05) is 32.9 Å². The first-order valence-corrected chi connectivity index (χ1v) is 14.8. The minimum Gasteiger partial charge on any atom is -0.409 e. The molecule has 9 heteroatoms. The molecular formula is C19H27NO5S2Si. The van der Waals surface area contributed by atoms with E-state index in [1.165, 1.54) is 11.3 Å². The number of benzene rings is 1. The lowest BCUT2D eigenvalue weighted by Gasteiger charge is -2.39. The van der Waals surface area contributed by atoms with Crippen LogP contribution in [0.25, 0.3) is 10.2 Å². The Morgan fingerprint density at radius 3 is 2.50 bits per heavy atom. The van der Waals surface area contributed by atoms with Gasteiger partial charge in [0, 0.05) is 0 Å². The molecule has 154 valence electrons. The van der Waals surface area contributed by atoms with Crippen LogP contribution in [0.4, 0.5) is 0 Å². The first kappa shape index (κ1) is 20.4. The molecule has 3 heterocycles. The van der Waals surface area contributed by atoms with E-state index in [0.29, 0.717) is 12.1 Å². The van der Waals surface area contributed by atoms with E-state index in [9.17, 15) is 8.42 Å². The molecule has 0 aliphatic carbocycles. The summed E-state index contributed by atoms with van der Waals surface area (Å²) in [5.41, 5.74) is 0.702. The molecule has 6 nitrogen and oxygen atoms in total. The molecule has 0 radical (unpaired) electrons. The summed E-state index contributed by atoms with van der Waals surface area (Å²) in [5, 5.41) is -0.679. The number of para-hydroxylation sites is 1. The third-order valence-electron chi connectivity index (χ3n) is 6.13. The number of sulfone groups is 1. The van der Waals surface area contributed by atoms with Gasteiger partial charge in [0.15, 0.2) is 8.32 Å². The van der Waals surface area contributed by atoms with Crippen LogP contribution in [0.15, 0.2) is 28.6 Å². The Bertz CT molecular complexity index is 949. The highest BCUT2D eigenvalue weighted by Crippen LogP contribution is 2.42. The summed E-state index contributed by atoms with van der Waals surface area (Å²) in [4.78, 5) is 4.35. The highest BCUT2D eigenvalue weighted by atomic mass is 32.2. The summed E-state index contributed by atoms with van der Waals surface area (Å²) in [6, 6.07) is 7.45. The molecule has 2 aliphatic rings. The van der Waals surface area contributed by atoms with Crippen molar-refractivity contribution in [3.8, 4) is 0 Å². The van der Waals surface area contributed by atoms with Crippen LogP contribution in [0, 0.1) is 0 Å². The van der Waals surface area contributed by atoms with Crippen LogP contribution in [-0.4, -0.2) is 58.5 Å². The van der Waals surface area contributed by atoms with Crippen LogP contribution in [0.5, 0.6) is 0 Å². The van der Waals surface area contributed by atoms with Gasteiger partial charge in [0.05, 0.1) is 29.5 Å². The molecule has 28 heavy (non-hydrogen) atoms. The van der Waals surface area contributed by atoms with Crippen molar-refractivity contribution in [2.45, 2.75) is 66.8 Å². The van der Waals surface area contributed by atoms with Gasteiger partial charge in [0.2, 0.25) is 14.2 Å². The fourth-order valence-electron chi connectivity index (χ4n) is 3.45. The summed E-state index contributed by atoms with van der Waals surface area (Å²) in [5.74, 6) is 0. The van der Waals surface area contributed by atoms with E-state index in [1.807, 2.05) is 24.3 Å². The molecule has 0 spiro atoms. The lowest BCUT2D eigenvalue weighted by molar-refractivity contribution is 0.0246. The summed E-state index contributed by atoms with van der Waals surface area (Å²) >= 11 is 1.20. The standard InChI is InChI=1S/C19H27NO5S2Si/c1-19(2,3)28(4,5)25-13-10-23-17-15(11-24-16(13)17)27(21,22)18-20-12-8-6-7-9-14(12)26-18/h6-9,13,15-17H,10-11H2,1-5H3/t13-,15-,16-,17-/m1/s1. The summed E-state index contributed by atoms with van der Waals surface area (Å²) in [6.45, 7) is 11.4. The topological polar surface area (TPSA) is 74.7 Å². The molecule has 0 bridgehead atoms. The molecule has 0 N–H and O–H groups in total. The third kappa shape index (κ3) is 3.35. The number of nitrogens with zero attached hydrogens (tertiary/aromatic N) is 1. The van der Waals surface area contributed by atoms with Crippen LogP contribution in [0.2, 0.25) is 18.1 Å². The van der Waals surface area contributed by atoms with Crippen molar-refractivity contribution < 1.29 is 22.3 Å². The minimum absolute atomic E-state index is 0.0656. The number of thiazole rings is 1. The Hall–Kier alpha value is -0.843. The van der Waals surface area contributed by atoms with Gasteiger partial charge < -0.3 is 13.9 Å². The second-order valence-corrected chi connectivity index (χ2v) is 17.2. The lowest BCUT2D eigenvalue weighted by Crippen LogP contribution is -2.47. The van der Waals surface area contributed by atoms with Crippen molar-refractivity contribution in [3.05, 3.63) is 24.3 Å². The Balaban J connectivity index is 1.56. The second-order valence-electron chi connectivity index (χ2n) is 9.04. The SMILES string of the molecule is CC(C)(C)[Si](C)(C)O[C@@H]1CO[C@H]2[C@@H]1OC[C@H]2S(=O)(=O)c1nc2ccccc2s1. The Morgan fingerprint density at radius 2 is 1.82 bits per heavy atom. The van der Waals surface area contributed by atoms with Gasteiger partial charge in [-0.15, -0.1) is 11.3 Å². The Labute approximate surface area is 171 Å². The molecule has 1 aromatic heterocycles. The summed E-state index contributed by atoms with van der Waals surface area (Å²) in [6.07, 6.45) is -1.07. The van der Waals surface area contributed by atoms with Crippen LogP contribution < -0.4 is 0 Å². The molecule has 1 aromatic carbocycles. The van der Waals surface area contributed by atoms with Crippen molar-refractivity contribution in [2.75, 3.05) is 13.2 Å². The number of hydrogen-bond donors (Lipinski definition) is 0. The first-order chi connectivity index (χ1) is 13.0. The second kappa shape index (κ2) is 6.85. The number of rotatable bonds is 4. The van der Waals surface area contributed by atoms with E-state index in [1.54, 1.807) is 0 Å². The van der Waals surface area contributed by atoms with Crippen LogP contribution in [0.1, 0.15) is 20.8 Å². The van der Waals surface area contributed by atoms with Crippen molar-refractivity contribution in [2.24, 2.45) is 0 Å². The molecule has 0 unspecified atom stereocenters. The maximum absolute atomic E-state index is 13.3. The van der Waals surface area contributed by atoms with Crippen molar-refractivity contribution >= 4 is 39.7 Å². The predicted molar refractivity (Wildman–Crippen MR) is 112 cm³/mol. The Morgan fingerprint density at radius 1 is 1.14 bits per heavy atom. The average molecular weight is 442 g/mol. The van der Waals surface area contributed by atoms with Gasteiger partial charge in [0.25, 0.3) is 0 Å². The summed E-state index contributed by atoms with van der Waals surface area (Å²) < 4.78 is 45.8. The molecule has 4 rings (SSSR count). The van der Waals surface area contributed by atoms with Gasteiger partial charge in [-0.3, -0.25) is 0 Å². The summed E-state index contributed by atoms with van der Waals surface area (Å²) in [7, 11) is -5.64. The van der Waals surface area contributed by atoms with E-state index in [4.69, 9.17) is 13.9 Å². The zero-order valence-corrected chi connectivity index (χ0v) is 19.5. The van der Waals surface area contributed by atoms with Gasteiger partial charge in [-0.2, -0.15) is 0 Å². The molecule has 2 saturated heterocycles. The molecule has 4 atom stereocenters. The van der Waals surface area contributed by atoms with Gasteiger partial charge in [0.1, 0.15) is 17.5 Å². The minimum atomic E-state index is -3.64. The molecule has 2 aromatic rings. The van der Waals surface area contributed by atoms with Gasteiger partial charge >= 0.3 is 0 Å². The molecule has 0 amide bonds. The van der Waals surface area contributed by atoms with Crippen molar-refractivity contribution in [1.82, 2.24) is 4.98 Å². The molecule has 2 fully saturated rings. The number of aromatic nitrogens is 1. The largest absolute Gasteiger partial charge is 0.409 e. The highest BCUT2D eigenvalue weighted by Gasteiger charge is 2.55. The van der Waals surface area contributed by atoms with E-state index in [-0.39, 0.29) is 28.2 Å². The van der Waals surface area contributed by atoms with Crippen LogP contribution >= 0.6 is 11.3 Å². The first-order valence-electron chi connectivity index (χ1n) is 9.51. The van der Waals surface area contributed by atoms with Gasteiger partial charge in [-0.05, 0) is 30.3 Å². The van der Waals surface area contributed by atoms with E-state index in [0.717, 1.165) is 4.70 Å². The average Bonchev–Trinajstić information content (AvgIpc) is 3.28. The molecular weight excluding hydrogens is 414 g/mol. The molecule has 0 saturated carbocycles.